The molecule has 0 saturated carbocycles. The Morgan fingerprint density at radius 3 is 2.80 bits per heavy atom. The summed E-state index contributed by atoms with van der Waals surface area (Å²) in [6, 6.07) is 0. The largest absolute Gasteiger partial charge is 0.465 e. The lowest BCUT2D eigenvalue weighted by Gasteiger charge is -1.91. The van der Waals surface area contributed by atoms with Gasteiger partial charge in [0.15, 0.2) is 0 Å². The molecule has 0 spiro atoms. The standard InChI is InChI=1S/C7H13NO2/c1-2-3-4-5-6-8-7(9)10/h4-5,8H,2-3,6H2,1H3,(H,9,10). The summed E-state index contributed by atoms with van der Waals surface area (Å²) in [7, 11) is 0. The molecule has 0 aliphatic carbocycles. The van der Waals surface area contributed by atoms with Gasteiger partial charge >= 0.3 is 6.09 Å². The molecule has 0 aromatic rings. The molecule has 0 aromatic heterocycles. The van der Waals surface area contributed by atoms with Crippen molar-refractivity contribution in [2.45, 2.75) is 19.8 Å². The minimum Gasteiger partial charge on any atom is -0.465 e. The molecule has 0 bridgehead atoms. The van der Waals surface area contributed by atoms with Gasteiger partial charge in [0.05, 0.1) is 0 Å². The molecule has 0 unspecified atom stereocenters. The average molecular weight is 143 g/mol. The highest BCUT2D eigenvalue weighted by Gasteiger charge is 1.86. The number of allylic oxidation sites excluding steroid dienone is 1. The molecule has 0 aliphatic rings. The Kier molecular flexibility index (Phi) is 5.53. The minimum atomic E-state index is -0.971. The molecule has 10 heavy (non-hydrogen) atoms. The fraction of sp³-hybridized carbons (Fsp3) is 0.571. The van der Waals surface area contributed by atoms with Crippen LogP contribution in [-0.2, 0) is 0 Å². The Morgan fingerprint density at radius 1 is 1.60 bits per heavy atom. The number of carboxylic acid groups (broad SMARTS) is 1. The van der Waals surface area contributed by atoms with Crippen molar-refractivity contribution in [1.82, 2.24) is 5.32 Å². The van der Waals surface area contributed by atoms with Crippen LogP contribution in [0.3, 0.4) is 0 Å². The summed E-state index contributed by atoms with van der Waals surface area (Å²) < 4.78 is 0. The summed E-state index contributed by atoms with van der Waals surface area (Å²) >= 11 is 0. The number of hydrogen-bond acceptors (Lipinski definition) is 1. The van der Waals surface area contributed by atoms with Crippen molar-refractivity contribution in [3.8, 4) is 0 Å². The smallest absolute Gasteiger partial charge is 0.404 e. The van der Waals surface area contributed by atoms with Crippen LogP contribution in [0.4, 0.5) is 4.79 Å². The van der Waals surface area contributed by atoms with Gasteiger partial charge in [-0.15, -0.1) is 0 Å². The van der Waals surface area contributed by atoms with Crippen LogP contribution in [0, 0.1) is 0 Å². The third kappa shape index (κ3) is 7.01. The van der Waals surface area contributed by atoms with Crippen LogP contribution >= 0.6 is 0 Å². The van der Waals surface area contributed by atoms with Gasteiger partial charge in [0.25, 0.3) is 0 Å². The van der Waals surface area contributed by atoms with E-state index in [1.165, 1.54) is 0 Å². The second-order valence-corrected chi connectivity index (χ2v) is 1.95. The van der Waals surface area contributed by atoms with Crippen molar-refractivity contribution >= 4 is 6.09 Å². The van der Waals surface area contributed by atoms with E-state index in [1.807, 2.05) is 12.2 Å². The lowest BCUT2D eigenvalue weighted by Crippen LogP contribution is -2.20. The highest BCUT2D eigenvalue weighted by molar-refractivity contribution is 5.64. The van der Waals surface area contributed by atoms with Crippen LogP contribution in [0.5, 0.6) is 0 Å². The maximum atomic E-state index is 9.89. The zero-order valence-corrected chi connectivity index (χ0v) is 6.13. The first-order valence-corrected chi connectivity index (χ1v) is 3.39. The van der Waals surface area contributed by atoms with E-state index in [-0.39, 0.29) is 0 Å². The van der Waals surface area contributed by atoms with E-state index >= 15 is 0 Å². The summed E-state index contributed by atoms with van der Waals surface area (Å²) in [5.74, 6) is 0. The second kappa shape index (κ2) is 6.13. The van der Waals surface area contributed by atoms with E-state index in [1.54, 1.807) is 0 Å². The lowest BCUT2D eigenvalue weighted by molar-refractivity contribution is 0.195. The third-order valence-electron chi connectivity index (χ3n) is 0.993. The number of hydrogen-bond donors (Lipinski definition) is 2. The van der Waals surface area contributed by atoms with Gasteiger partial charge in [-0.1, -0.05) is 25.5 Å². The Balaban J connectivity index is 3.10. The number of carbonyl (C=O) groups is 1. The van der Waals surface area contributed by atoms with E-state index in [2.05, 4.69) is 12.2 Å². The molecule has 1 amide bonds. The zero-order chi connectivity index (χ0) is 7.82. The summed E-state index contributed by atoms with van der Waals surface area (Å²) in [6.07, 6.45) is 4.93. The molecular formula is C7H13NO2. The molecule has 0 fully saturated rings. The minimum absolute atomic E-state index is 0.412. The molecule has 0 saturated heterocycles. The predicted molar refractivity (Wildman–Crippen MR) is 40.1 cm³/mol. The van der Waals surface area contributed by atoms with Gasteiger partial charge in [-0.3, -0.25) is 0 Å². The molecule has 58 valence electrons. The fourth-order valence-corrected chi connectivity index (χ4v) is 0.514. The first kappa shape index (κ1) is 9.01. The van der Waals surface area contributed by atoms with Gasteiger partial charge in [0.1, 0.15) is 0 Å². The maximum Gasteiger partial charge on any atom is 0.404 e. The fourth-order valence-electron chi connectivity index (χ4n) is 0.514. The van der Waals surface area contributed by atoms with Crippen LogP contribution in [-0.4, -0.2) is 17.7 Å². The van der Waals surface area contributed by atoms with Crippen LogP contribution < -0.4 is 5.32 Å². The molecule has 2 N–H and O–H groups in total. The van der Waals surface area contributed by atoms with Gasteiger partial charge in [-0.05, 0) is 6.42 Å². The molecule has 3 nitrogen and oxygen atoms in total. The Labute approximate surface area is 60.7 Å². The summed E-state index contributed by atoms with van der Waals surface area (Å²) in [5.41, 5.74) is 0. The van der Waals surface area contributed by atoms with E-state index < -0.39 is 6.09 Å². The molecule has 0 radical (unpaired) electrons. The van der Waals surface area contributed by atoms with Crippen molar-refractivity contribution < 1.29 is 9.90 Å². The third-order valence-corrected chi connectivity index (χ3v) is 0.993. The monoisotopic (exact) mass is 143 g/mol. The summed E-state index contributed by atoms with van der Waals surface area (Å²) in [6.45, 7) is 2.49. The molecule has 0 aliphatic heterocycles. The first-order chi connectivity index (χ1) is 4.77. The molecule has 0 rings (SSSR count). The molecule has 3 heteroatoms. The van der Waals surface area contributed by atoms with E-state index in [4.69, 9.17) is 5.11 Å². The van der Waals surface area contributed by atoms with Gasteiger partial charge in [-0.2, -0.15) is 0 Å². The SMILES string of the molecule is CCCC=CCNC(=O)O. The quantitative estimate of drug-likeness (QED) is 0.587. The van der Waals surface area contributed by atoms with E-state index in [0.29, 0.717) is 6.54 Å². The number of nitrogens with one attached hydrogen (secondary N) is 1. The highest BCUT2D eigenvalue weighted by atomic mass is 16.4. The molecule has 0 aromatic carbocycles. The topological polar surface area (TPSA) is 49.3 Å². The summed E-state index contributed by atoms with van der Waals surface area (Å²) in [5, 5.41) is 10.4. The van der Waals surface area contributed by atoms with Gasteiger partial charge in [0, 0.05) is 6.54 Å². The highest BCUT2D eigenvalue weighted by Crippen LogP contribution is 1.86. The normalized spacial score (nSPS) is 10.1. The average Bonchev–Trinajstić information content (AvgIpc) is 1.87. The maximum absolute atomic E-state index is 9.89. The molecule has 0 atom stereocenters. The van der Waals surface area contributed by atoms with E-state index in [0.717, 1.165) is 12.8 Å². The molecular weight excluding hydrogens is 130 g/mol. The first-order valence-electron chi connectivity index (χ1n) is 3.39. The van der Waals surface area contributed by atoms with Crippen molar-refractivity contribution in [3.63, 3.8) is 0 Å². The van der Waals surface area contributed by atoms with Crippen LogP contribution in [0.25, 0.3) is 0 Å². The Morgan fingerprint density at radius 2 is 2.30 bits per heavy atom. The van der Waals surface area contributed by atoms with Crippen molar-refractivity contribution in [1.29, 1.82) is 0 Å². The van der Waals surface area contributed by atoms with Gasteiger partial charge in [0.2, 0.25) is 0 Å². The lowest BCUT2D eigenvalue weighted by atomic mass is 10.3. The van der Waals surface area contributed by atoms with Crippen molar-refractivity contribution in [2.75, 3.05) is 6.54 Å². The second-order valence-electron chi connectivity index (χ2n) is 1.95. The Bertz CT molecular complexity index is 121. The predicted octanol–water partition coefficient (Wildman–Crippen LogP) is 1.61. The number of amides is 1. The Hall–Kier alpha value is -0.990. The van der Waals surface area contributed by atoms with Crippen LogP contribution in [0.15, 0.2) is 12.2 Å². The van der Waals surface area contributed by atoms with E-state index in [9.17, 15) is 4.79 Å². The van der Waals surface area contributed by atoms with Crippen LogP contribution in [0.2, 0.25) is 0 Å². The van der Waals surface area contributed by atoms with Crippen molar-refractivity contribution in [2.24, 2.45) is 0 Å². The van der Waals surface area contributed by atoms with Gasteiger partial charge < -0.3 is 10.4 Å². The van der Waals surface area contributed by atoms with Gasteiger partial charge in [-0.25, -0.2) is 4.79 Å². The number of unbranched alkanes of at least 4 members (excludes halogenated alkanes) is 1. The summed E-state index contributed by atoms with van der Waals surface area (Å²) in [4.78, 5) is 9.89. The molecule has 0 heterocycles. The number of rotatable bonds is 4. The zero-order valence-electron chi connectivity index (χ0n) is 6.13. The van der Waals surface area contributed by atoms with Crippen molar-refractivity contribution in [3.05, 3.63) is 12.2 Å². The van der Waals surface area contributed by atoms with Crippen LogP contribution in [0.1, 0.15) is 19.8 Å².